The average molecular weight is 278 g/mol. The molecule has 1 saturated carbocycles. The van der Waals surface area contributed by atoms with Crippen molar-refractivity contribution in [3.8, 4) is 0 Å². The summed E-state index contributed by atoms with van der Waals surface area (Å²) in [5.74, 6) is 5.87. The van der Waals surface area contributed by atoms with Gasteiger partial charge in [-0.1, -0.05) is 31.4 Å². The van der Waals surface area contributed by atoms with Gasteiger partial charge in [-0.05, 0) is 37.5 Å². The van der Waals surface area contributed by atoms with Crippen molar-refractivity contribution < 1.29 is 4.39 Å². The summed E-state index contributed by atoms with van der Waals surface area (Å²) in [7, 11) is 0. The Hall–Kier alpha value is -1.62. The van der Waals surface area contributed by atoms with Gasteiger partial charge in [0.25, 0.3) is 0 Å². The van der Waals surface area contributed by atoms with Crippen LogP contribution in [-0.2, 0) is 0 Å². The maximum Gasteiger partial charge on any atom is 0.206 e. The summed E-state index contributed by atoms with van der Waals surface area (Å²) in [5, 5.41) is 3.20. The van der Waals surface area contributed by atoms with Gasteiger partial charge in [0.05, 0.1) is 12.1 Å². The topological polar surface area (TPSA) is 62.4 Å². The molecule has 0 bridgehead atoms. The second-order valence-corrected chi connectivity index (χ2v) is 5.33. The minimum Gasteiger partial charge on any atom is -0.349 e. The van der Waals surface area contributed by atoms with E-state index in [0.29, 0.717) is 12.0 Å². The van der Waals surface area contributed by atoms with E-state index in [4.69, 9.17) is 5.84 Å². The molecule has 0 aromatic heterocycles. The van der Waals surface area contributed by atoms with Gasteiger partial charge in [-0.25, -0.2) is 15.2 Å². The van der Waals surface area contributed by atoms with E-state index in [9.17, 15) is 4.39 Å². The summed E-state index contributed by atoms with van der Waals surface area (Å²) < 4.78 is 13.2. The molecule has 20 heavy (non-hydrogen) atoms. The summed E-state index contributed by atoms with van der Waals surface area (Å²) in [5.41, 5.74) is 3.48. The summed E-state index contributed by atoms with van der Waals surface area (Å²) in [6, 6.07) is 6.83. The second kappa shape index (κ2) is 7.24. The molecule has 110 valence electrons. The van der Waals surface area contributed by atoms with Crippen LogP contribution in [0.15, 0.2) is 29.3 Å². The first kappa shape index (κ1) is 14.8. The first-order valence-electron chi connectivity index (χ1n) is 7.25. The molecule has 0 saturated heterocycles. The zero-order valence-electron chi connectivity index (χ0n) is 11.9. The smallest absolute Gasteiger partial charge is 0.206 e. The van der Waals surface area contributed by atoms with Gasteiger partial charge in [0, 0.05) is 0 Å². The van der Waals surface area contributed by atoms with Gasteiger partial charge in [0.15, 0.2) is 0 Å². The minimum absolute atomic E-state index is 0.0518. The van der Waals surface area contributed by atoms with Crippen molar-refractivity contribution in [2.75, 3.05) is 0 Å². The van der Waals surface area contributed by atoms with Crippen LogP contribution in [0.25, 0.3) is 0 Å². The lowest BCUT2D eigenvalue weighted by molar-refractivity contribution is 0.440. The fourth-order valence-corrected chi connectivity index (χ4v) is 2.57. The predicted molar refractivity (Wildman–Crippen MR) is 79.6 cm³/mol. The quantitative estimate of drug-likeness (QED) is 0.345. The Morgan fingerprint density at radius 3 is 2.75 bits per heavy atom. The highest BCUT2D eigenvalue weighted by Gasteiger charge is 2.14. The number of guanidine groups is 1. The van der Waals surface area contributed by atoms with Crippen molar-refractivity contribution in [3.05, 3.63) is 35.6 Å². The van der Waals surface area contributed by atoms with Crippen molar-refractivity contribution >= 4 is 5.96 Å². The first-order chi connectivity index (χ1) is 9.69. The van der Waals surface area contributed by atoms with E-state index in [1.807, 2.05) is 13.0 Å². The van der Waals surface area contributed by atoms with Gasteiger partial charge in [0.1, 0.15) is 5.82 Å². The third-order valence-electron chi connectivity index (χ3n) is 3.72. The molecule has 2 rings (SSSR count). The fourth-order valence-electron chi connectivity index (χ4n) is 2.57. The number of nitrogens with two attached hydrogens (primary N) is 1. The number of halogens is 1. The molecule has 1 aromatic carbocycles. The summed E-state index contributed by atoms with van der Waals surface area (Å²) >= 11 is 0. The number of hydrogen-bond donors (Lipinski definition) is 3. The molecule has 0 heterocycles. The van der Waals surface area contributed by atoms with Gasteiger partial charge in [0.2, 0.25) is 5.96 Å². The third-order valence-corrected chi connectivity index (χ3v) is 3.72. The van der Waals surface area contributed by atoms with E-state index in [2.05, 4.69) is 15.7 Å². The molecular weight excluding hydrogens is 255 g/mol. The van der Waals surface area contributed by atoms with E-state index < -0.39 is 0 Å². The lowest BCUT2D eigenvalue weighted by atomic mass is 9.96. The Morgan fingerprint density at radius 1 is 1.35 bits per heavy atom. The van der Waals surface area contributed by atoms with E-state index in [-0.39, 0.29) is 11.9 Å². The summed E-state index contributed by atoms with van der Waals surface area (Å²) in [6.07, 6.45) is 5.98. The zero-order chi connectivity index (χ0) is 14.4. The van der Waals surface area contributed by atoms with Crippen LogP contribution in [0.3, 0.4) is 0 Å². The minimum atomic E-state index is -0.234. The van der Waals surface area contributed by atoms with E-state index in [0.717, 1.165) is 18.4 Å². The SMILES string of the molecule is CC(NC(=NC1CCCCC1)NN)c1cccc(F)c1. The molecular formula is C15H23FN4. The Balaban J connectivity index is 1.99. The Morgan fingerprint density at radius 2 is 2.10 bits per heavy atom. The maximum atomic E-state index is 13.2. The first-order valence-corrected chi connectivity index (χ1v) is 7.25. The zero-order valence-corrected chi connectivity index (χ0v) is 11.9. The van der Waals surface area contributed by atoms with Crippen molar-refractivity contribution in [1.82, 2.24) is 10.7 Å². The van der Waals surface area contributed by atoms with Gasteiger partial charge >= 0.3 is 0 Å². The van der Waals surface area contributed by atoms with E-state index >= 15 is 0 Å². The number of nitrogens with zero attached hydrogens (tertiary/aromatic N) is 1. The van der Waals surface area contributed by atoms with Crippen molar-refractivity contribution in [2.24, 2.45) is 10.8 Å². The molecule has 0 spiro atoms. The molecule has 5 heteroatoms. The standard InChI is InChI=1S/C15H23FN4/c1-11(12-6-5-7-13(16)10-12)18-15(20-17)19-14-8-3-2-4-9-14/h5-7,10-11,14H,2-4,8-9,17H2,1H3,(H2,18,19,20). The second-order valence-electron chi connectivity index (χ2n) is 5.33. The monoisotopic (exact) mass is 278 g/mol. The molecule has 1 aliphatic carbocycles. The Labute approximate surface area is 119 Å². The van der Waals surface area contributed by atoms with Crippen LogP contribution in [-0.4, -0.2) is 12.0 Å². The molecule has 1 aliphatic rings. The largest absolute Gasteiger partial charge is 0.349 e. The third kappa shape index (κ3) is 4.20. The maximum absolute atomic E-state index is 13.2. The molecule has 1 fully saturated rings. The van der Waals surface area contributed by atoms with Crippen LogP contribution >= 0.6 is 0 Å². The van der Waals surface area contributed by atoms with Crippen LogP contribution in [0.2, 0.25) is 0 Å². The molecule has 1 unspecified atom stereocenters. The molecule has 1 atom stereocenters. The van der Waals surface area contributed by atoms with E-state index in [1.54, 1.807) is 6.07 Å². The van der Waals surface area contributed by atoms with Crippen LogP contribution in [0, 0.1) is 5.82 Å². The highest BCUT2D eigenvalue weighted by Crippen LogP contribution is 2.20. The lowest BCUT2D eigenvalue weighted by Crippen LogP contribution is -2.43. The molecule has 4 N–H and O–H groups in total. The van der Waals surface area contributed by atoms with Crippen LogP contribution in [0.4, 0.5) is 4.39 Å². The van der Waals surface area contributed by atoms with Gasteiger partial charge in [-0.2, -0.15) is 0 Å². The number of benzene rings is 1. The highest BCUT2D eigenvalue weighted by molar-refractivity contribution is 5.79. The number of aliphatic imine (C=N–C) groups is 1. The van der Waals surface area contributed by atoms with Gasteiger partial charge in [-0.15, -0.1) is 0 Å². The van der Waals surface area contributed by atoms with Crippen molar-refractivity contribution in [1.29, 1.82) is 0 Å². The molecule has 0 aliphatic heterocycles. The Kier molecular flexibility index (Phi) is 5.35. The van der Waals surface area contributed by atoms with E-state index in [1.165, 1.54) is 31.4 Å². The van der Waals surface area contributed by atoms with Crippen LogP contribution < -0.4 is 16.6 Å². The number of rotatable bonds is 3. The van der Waals surface area contributed by atoms with Crippen LogP contribution in [0.1, 0.15) is 50.6 Å². The summed E-state index contributed by atoms with van der Waals surface area (Å²) in [6.45, 7) is 1.96. The summed E-state index contributed by atoms with van der Waals surface area (Å²) in [4.78, 5) is 4.62. The fraction of sp³-hybridized carbons (Fsp3) is 0.533. The Bertz CT molecular complexity index is 455. The molecule has 4 nitrogen and oxygen atoms in total. The number of hydrazine groups is 1. The van der Waals surface area contributed by atoms with Gasteiger partial charge < -0.3 is 5.32 Å². The number of hydrogen-bond acceptors (Lipinski definition) is 2. The molecule has 0 radical (unpaired) electrons. The molecule has 0 amide bonds. The highest BCUT2D eigenvalue weighted by atomic mass is 19.1. The van der Waals surface area contributed by atoms with Crippen LogP contribution in [0.5, 0.6) is 0 Å². The normalized spacial score (nSPS) is 18.6. The number of nitrogens with one attached hydrogen (secondary N) is 2. The predicted octanol–water partition coefficient (Wildman–Crippen LogP) is 2.63. The van der Waals surface area contributed by atoms with Crippen molar-refractivity contribution in [3.63, 3.8) is 0 Å². The molecule has 1 aromatic rings. The van der Waals surface area contributed by atoms with Crippen molar-refractivity contribution in [2.45, 2.75) is 51.1 Å². The van der Waals surface area contributed by atoms with Gasteiger partial charge in [-0.3, -0.25) is 5.43 Å². The lowest BCUT2D eigenvalue weighted by Gasteiger charge is -2.21. The average Bonchev–Trinajstić information content (AvgIpc) is 2.47.